The first-order chi connectivity index (χ1) is 12.2. The van der Waals surface area contributed by atoms with Crippen molar-refractivity contribution >= 4 is 28.7 Å². The Kier molecular flexibility index (Phi) is 4.57. The largest absolute Gasteiger partial charge is 0.457 e. The smallest absolute Gasteiger partial charge is 0.303 e. The Balaban J connectivity index is 2.20. The van der Waals surface area contributed by atoms with Crippen molar-refractivity contribution in [2.45, 2.75) is 52.6 Å². The minimum Gasteiger partial charge on any atom is -0.457 e. The lowest BCUT2D eigenvalue weighted by molar-refractivity contribution is -0.153. The first kappa shape index (κ1) is 18.1. The molecule has 0 aromatic carbocycles. The number of primary amides is 1. The SMILES string of the molecule is CC[C@H]1O[C@@H](n2cc(C(N)=O)c3c(N)nc(C)nc32)[C@H](OC(C)=O)[C@@H]1C. The van der Waals surface area contributed by atoms with E-state index in [2.05, 4.69) is 9.97 Å². The van der Waals surface area contributed by atoms with Crippen molar-refractivity contribution in [2.24, 2.45) is 11.7 Å². The van der Waals surface area contributed by atoms with Gasteiger partial charge in [0.25, 0.3) is 5.91 Å². The van der Waals surface area contributed by atoms with Crippen molar-refractivity contribution in [2.75, 3.05) is 5.73 Å². The summed E-state index contributed by atoms with van der Waals surface area (Å²) in [6.45, 7) is 7.03. The molecule has 3 rings (SSSR count). The van der Waals surface area contributed by atoms with Crippen LogP contribution >= 0.6 is 0 Å². The Morgan fingerprint density at radius 2 is 2.08 bits per heavy atom. The molecule has 2 aromatic heterocycles. The highest BCUT2D eigenvalue weighted by atomic mass is 16.6. The van der Waals surface area contributed by atoms with Gasteiger partial charge < -0.3 is 25.5 Å². The Morgan fingerprint density at radius 1 is 1.38 bits per heavy atom. The maximum Gasteiger partial charge on any atom is 0.303 e. The number of nitrogens with zero attached hydrogens (tertiary/aromatic N) is 3. The number of aromatic nitrogens is 3. The normalized spacial score (nSPS) is 25.5. The molecule has 9 heteroatoms. The number of rotatable bonds is 4. The van der Waals surface area contributed by atoms with Gasteiger partial charge in [0.15, 0.2) is 12.3 Å². The molecule has 0 unspecified atom stereocenters. The van der Waals surface area contributed by atoms with E-state index >= 15 is 0 Å². The van der Waals surface area contributed by atoms with Gasteiger partial charge in [-0.25, -0.2) is 9.97 Å². The zero-order chi connectivity index (χ0) is 19.2. The van der Waals surface area contributed by atoms with E-state index in [1.54, 1.807) is 17.7 Å². The Hall–Kier alpha value is -2.68. The maximum atomic E-state index is 11.9. The second-order valence-corrected chi connectivity index (χ2v) is 6.58. The van der Waals surface area contributed by atoms with Crippen molar-refractivity contribution in [1.82, 2.24) is 14.5 Å². The summed E-state index contributed by atoms with van der Waals surface area (Å²) in [4.78, 5) is 32.0. The summed E-state index contributed by atoms with van der Waals surface area (Å²) < 4.78 is 13.3. The fourth-order valence-electron chi connectivity index (χ4n) is 3.57. The molecule has 140 valence electrons. The second kappa shape index (κ2) is 6.56. The number of nitrogens with two attached hydrogens (primary N) is 2. The number of carbonyl (C=O) groups excluding carboxylic acids is 2. The molecule has 3 heterocycles. The van der Waals surface area contributed by atoms with Crippen molar-refractivity contribution in [3.8, 4) is 0 Å². The van der Waals surface area contributed by atoms with E-state index in [9.17, 15) is 9.59 Å². The summed E-state index contributed by atoms with van der Waals surface area (Å²) in [5.41, 5.74) is 12.1. The number of ether oxygens (including phenoxy) is 2. The third kappa shape index (κ3) is 2.88. The Labute approximate surface area is 150 Å². The predicted molar refractivity (Wildman–Crippen MR) is 94.1 cm³/mol. The molecule has 0 saturated carbocycles. The lowest BCUT2D eigenvalue weighted by Gasteiger charge is -2.22. The second-order valence-electron chi connectivity index (χ2n) is 6.58. The van der Waals surface area contributed by atoms with Crippen molar-refractivity contribution in [3.05, 3.63) is 17.6 Å². The summed E-state index contributed by atoms with van der Waals surface area (Å²) in [5.74, 6) is -0.447. The third-order valence-corrected chi connectivity index (χ3v) is 4.76. The minimum atomic E-state index is -0.643. The van der Waals surface area contributed by atoms with Gasteiger partial charge >= 0.3 is 5.97 Å². The molecule has 0 bridgehead atoms. The van der Waals surface area contributed by atoms with Gasteiger partial charge in [0.1, 0.15) is 17.3 Å². The average molecular weight is 361 g/mol. The van der Waals surface area contributed by atoms with Gasteiger partial charge in [-0.2, -0.15) is 0 Å². The van der Waals surface area contributed by atoms with Crippen molar-refractivity contribution < 1.29 is 19.1 Å². The number of nitrogen functional groups attached to an aromatic ring is 1. The van der Waals surface area contributed by atoms with E-state index < -0.39 is 24.2 Å². The number of amides is 1. The van der Waals surface area contributed by atoms with E-state index in [4.69, 9.17) is 20.9 Å². The summed E-state index contributed by atoms with van der Waals surface area (Å²) in [7, 11) is 0. The fraction of sp³-hybridized carbons (Fsp3) is 0.529. The van der Waals surface area contributed by atoms with E-state index in [-0.39, 0.29) is 23.4 Å². The Bertz CT molecular complexity index is 878. The van der Waals surface area contributed by atoms with Gasteiger partial charge in [-0.15, -0.1) is 0 Å². The lowest BCUT2D eigenvalue weighted by Crippen LogP contribution is -2.29. The molecule has 4 N–H and O–H groups in total. The van der Waals surface area contributed by atoms with Crippen LogP contribution in [0.4, 0.5) is 5.82 Å². The summed E-state index contributed by atoms with van der Waals surface area (Å²) in [6, 6.07) is 0. The molecule has 4 atom stereocenters. The van der Waals surface area contributed by atoms with E-state index in [1.165, 1.54) is 6.92 Å². The molecule has 1 aliphatic heterocycles. The molecule has 0 radical (unpaired) electrons. The van der Waals surface area contributed by atoms with Gasteiger partial charge in [-0.1, -0.05) is 13.8 Å². The monoisotopic (exact) mass is 361 g/mol. The molecule has 1 saturated heterocycles. The van der Waals surface area contributed by atoms with E-state index in [0.29, 0.717) is 16.9 Å². The average Bonchev–Trinajstić information content (AvgIpc) is 3.06. The molecule has 9 nitrogen and oxygen atoms in total. The van der Waals surface area contributed by atoms with Crippen LogP contribution in [0.1, 0.15) is 49.6 Å². The first-order valence-corrected chi connectivity index (χ1v) is 8.51. The van der Waals surface area contributed by atoms with Crippen LogP contribution in [0.2, 0.25) is 0 Å². The number of fused-ring (bicyclic) bond motifs is 1. The van der Waals surface area contributed by atoms with Gasteiger partial charge in [0, 0.05) is 19.0 Å². The van der Waals surface area contributed by atoms with Gasteiger partial charge in [0.05, 0.1) is 17.1 Å². The number of aryl methyl sites for hydroxylation is 1. The van der Waals surface area contributed by atoms with E-state index in [1.807, 2.05) is 13.8 Å². The molecule has 1 aliphatic rings. The lowest BCUT2D eigenvalue weighted by atomic mass is 9.98. The highest BCUT2D eigenvalue weighted by molar-refractivity contribution is 6.08. The van der Waals surface area contributed by atoms with Crippen LogP contribution < -0.4 is 11.5 Å². The van der Waals surface area contributed by atoms with Gasteiger partial charge in [0.2, 0.25) is 0 Å². The van der Waals surface area contributed by atoms with E-state index in [0.717, 1.165) is 6.42 Å². The zero-order valence-corrected chi connectivity index (χ0v) is 15.2. The Morgan fingerprint density at radius 3 is 2.65 bits per heavy atom. The third-order valence-electron chi connectivity index (χ3n) is 4.76. The van der Waals surface area contributed by atoms with Gasteiger partial charge in [-0.05, 0) is 13.3 Å². The van der Waals surface area contributed by atoms with Crippen LogP contribution in [0.3, 0.4) is 0 Å². The topological polar surface area (TPSA) is 135 Å². The molecule has 0 spiro atoms. The van der Waals surface area contributed by atoms with Crippen molar-refractivity contribution in [3.63, 3.8) is 0 Å². The number of carbonyl (C=O) groups is 2. The van der Waals surface area contributed by atoms with Crippen molar-refractivity contribution in [1.29, 1.82) is 0 Å². The molecular formula is C17H23N5O4. The molecule has 26 heavy (non-hydrogen) atoms. The highest BCUT2D eigenvalue weighted by Gasteiger charge is 2.45. The van der Waals surface area contributed by atoms with Crippen LogP contribution in [0.5, 0.6) is 0 Å². The number of anilines is 1. The standard InChI is InChI=1S/C17H23N5O4/c1-5-11-7(2)13(25-9(4)23)17(26-11)22-6-10(15(19)24)12-14(18)20-8(3)21-16(12)22/h6-7,11,13,17H,5H2,1-4H3,(H2,19,24)(H2,18,20,21)/t7-,11-,13-,17-/m1/s1. The highest BCUT2D eigenvalue weighted by Crippen LogP contribution is 2.40. The van der Waals surface area contributed by atoms with Gasteiger partial charge in [-0.3, -0.25) is 9.59 Å². The van der Waals surface area contributed by atoms with Crippen LogP contribution in [0, 0.1) is 12.8 Å². The summed E-state index contributed by atoms with van der Waals surface area (Å²) >= 11 is 0. The molecule has 0 aliphatic carbocycles. The number of hydrogen-bond donors (Lipinski definition) is 2. The first-order valence-electron chi connectivity index (χ1n) is 8.51. The van der Waals surface area contributed by atoms with Crippen LogP contribution in [0.15, 0.2) is 6.20 Å². The zero-order valence-electron chi connectivity index (χ0n) is 15.2. The number of hydrogen-bond acceptors (Lipinski definition) is 7. The molecular weight excluding hydrogens is 338 g/mol. The van der Waals surface area contributed by atoms with Crippen LogP contribution in [-0.2, 0) is 14.3 Å². The quantitative estimate of drug-likeness (QED) is 0.783. The van der Waals surface area contributed by atoms with Crippen LogP contribution in [-0.4, -0.2) is 38.6 Å². The van der Waals surface area contributed by atoms with Crippen LogP contribution in [0.25, 0.3) is 11.0 Å². The minimum absolute atomic E-state index is 0.0244. The molecule has 1 fully saturated rings. The molecule has 1 amide bonds. The number of esters is 1. The summed E-state index contributed by atoms with van der Waals surface area (Å²) in [5, 5.41) is 0.376. The summed E-state index contributed by atoms with van der Waals surface area (Å²) in [6.07, 6.45) is 1.05. The fourth-order valence-corrected chi connectivity index (χ4v) is 3.57. The maximum absolute atomic E-state index is 11.9. The molecule has 2 aromatic rings. The predicted octanol–water partition coefficient (Wildman–Crippen LogP) is 1.30.